The molecule has 0 unspecified atom stereocenters. The van der Waals surface area contributed by atoms with Crippen molar-refractivity contribution in [1.29, 1.82) is 0 Å². The standard InChI is InChI=1S/C10H16N4O/c1-2-4-8-12-7-9(13-8)14-6-3-5-11-10(14)15/h7H,2-6H2,1H3,(H,11,15)(H,12,13). The third-order valence-electron chi connectivity index (χ3n) is 2.47. The Balaban J connectivity index is 2.10. The number of amides is 2. The maximum atomic E-state index is 11.5. The van der Waals surface area contributed by atoms with Crippen LogP contribution in [0.2, 0.25) is 0 Å². The van der Waals surface area contributed by atoms with Crippen LogP contribution in [-0.2, 0) is 6.42 Å². The van der Waals surface area contributed by atoms with Crippen molar-refractivity contribution in [1.82, 2.24) is 15.3 Å². The molecule has 2 heterocycles. The maximum absolute atomic E-state index is 11.5. The summed E-state index contributed by atoms with van der Waals surface area (Å²) in [6.45, 7) is 3.64. The zero-order valence-corrected chi connectivity index (χ0v) is 8.92. The Labute approximate surface area is 88.9 Å². The molecule has 0 aliphatic carbocycles. The summed E-state index contributed by atoms with van der Waals surface area (Å²) in [5.74, 6) is 1.75. The highest BCUT2D eigenvalue weighted by molar-refractivity contribution is 5.91. The van der Waals surface area contributed by atoms with Gasteiger partial charge in [-0.2, -0.15) is 0 Å². The molecule has 0 radical (unpaired) electrons. The van der Waals surface area contributed by atoms with Crippen molar-refractivity contribution >= 4 is 11.8 Å². The van der Waals surface area contributed by atoms with E-state index in [9.17, 15) is 4.79 Å². The van der Waals surface area contributed by atoms with Crippen LogP contribution in [0.5, 0.6) is 0 Å². The number of carbonyl (C=O) groups is 1. The molecule has 0 spiro atoms. The summed E-state index contributed by atoms with van der Waals surface area (Å²) in [4.78, 5) is 20.6. The number of nitrogens with one attached hydrogen (secondary N) is 2. The summed E-state index contributed by atoms with van der Waals surface area (Å²) < 4.78 is 0. The van der Waals surface area contributed by atoms with Gasteiger partial charge in [-0.15, -0.1) is 0 Å². The van der Waals surface area contributed by atoms with Gasteiger partial charge in [0.2, 0.25) is 0 Å². The molecule has 1 saturated heterocycles. The van der Waals surface area contributed by atoms with Crippen molar-refractivity contribution in [2.45, 2.75) is 26.2 Å². The van der Waals surface area contributed by atoms with E-state index in [4.69, 9.17) is 0 Å². The van der Waals surface area contributed by atoms with Gasteiger partial charge in [0.25, 0.3) is 0 Å². The van der Waals surface area contributed by atoms with Gasteiger partial charge >= 0.3 is 6.03 Å². The quantitative estimate of drug-likeness (QED) is 0.786. The highest BCUT2D eigenvalue weighted by Crippen LogP contribution is 2.14. The lowest BCUT2D eigenvalue weighted by Crippen LogP contribution is -2.46. The Kier molecular flexibility index (Phi) is 2.89. The van der Waals surface area contributed by atoms with E-state index >= 15 is 0 Å². The van der Waals surface area contributed by atoms with E-state index in [1.807, 2.05) is 0 Å². The van der Waals surface area contributed by atoms with E-state index in [1.165, 1.54) is 0 Å². The maximum Gasteiger partial charge on any atom is 0.323 e. The number of imidazole rings is 1. The number of nitrogens with zero attached hydrogens (tertiary/aromatic N) is 2. The number of H-pyrrole nitrogens is 1. The second-order valence-electron chi connectivity index (χ2n) is 3.70. The summed E-state index contributed by atoms with van der Waals surface area (Å²) in [6, 6.07) is -0.0343. The number of rotatable bonds is 3. The SMILES string of the molecule is CCCc1ncc(N2CCCNC2=O)[nH]1. The minimum Gasteiger partial charge on any atom is -0.338 e. The number of carbonyl (C=O) groups excluding carboxylic acids is 1. The second-order valence-corrected chi connectivity index (χ2v) is 3.70. The van der Waals surface area contributed by atoms with Crippen molar-refractivity contribution in [3.8, 4) is 0 Å². The lowest BCUT2D eigenvalue weighted by molar-refractivity contribution is 0.242. The first kappa shape index (κ1) is 10.0. The number of anilines is 1. The zero-order valence-electron chi connectivity index (χ0n) is 8.92. The van der Waals surface area contributed by atoms with Crippen LogP contribution in [0.25, 0.3) is 0 Å². The van der Waals surface area contributed by atoms with Crippen LogP contribution in [0.4, 0.5) is 10.6 Å². The summed E-state index contributed by atoms with van der Waals surface area (Å²) in [5.41, 5.74) is 0. The van der Waals surface area contributed by atoms with E-state index in [-0.39, 0.29) is 6.03 Å². The van der Waals surface area contributed by atoms with Crippen LogP contribution in [-0.4, -0.2) is 29.1 Å². The smallest absolute Gasteiger partial charge is 0.323 e. The van der Waals surface area contributed by atoms with Crippen molar-refractivity contribution in [2.24, 2.45) is 0 Å². The summed E-state index contributed by atoms with van der Waals surface area (Å²) in [5, 5.41) is 2.81. The molecule has 0 atom stereocenters. The molecule has 1 fully saturated rings. The largest absolute Gasteiger partial charge is 0.338 e. The molecule has 0 saturated carbocycles. The molecule has 2 N–H and O–H groups in total. The molecule has 2 rings (SSSR count). The van der Waals surface area contributed by atoms with E-state index in [0.29, 0.717) is 0 Å². The third kappa shape index (κ3) is 2.11. The summed E-state index contributed by atoms with van der Waals surface area (Å²) >= 11 is 0. The van der Waals surface area contributed by atoms with Gasteiger partial charge < -0.3 is 10.3 Å². The molecular weight excluding hydrogens is 192 g/mol. The van der Waals surface area contributed by atoms with Gasteiger partial charge in [0, 0.05) is 19.5 Å². The topological polar surface area (TPSA) is 61.0 Å². The Morgan fingerprint density at radius 2 is 2.47 bits per heavy atom. The fourth-order valence-corrected chi connectivity index (χ4v) is 1.71. The van der Waals surface area contributed by atoms with Crippen LogP contribution < -0.4 is 10.2 Å². The average Bonchev–Trinajstić information content (AvgIpc) is 2.68. The van der Waals surface area contributed by atoms with E-state index in [2.05, 4.69) is 22.2 Å². The number of aryl methyl sites for hydroxylation is 1. The summed E-state index contributed by atoms with van der Waals surface area (Å²) in [6.07, 6.45) is 4.69. The Bertz CT molecular complexity index is 347. The molecule has 1 aliphatic rings. The zero-order chi connectivity index (χ0) is 10.7. The van der Waals surface area contributed by atoms with Crippen LogP contribution in [0.1, 0.15) is 25.6 Å². The number of aromatic nitrogens is 2. The second kappa shape index (κ2) is 4.33. The molecule has 5 heteroatoms. The highest BCUT2D eigenvalue weighted by atomic mass is 16.2. The molecule has 82 valence electrons. The number of urea groups is 1. The van der Waals surface area contributed by atoms with Gasteiger partial charge in [-0.3, -0.25) is 4.90 Å². The van der Waals surface area contributed by atoms with Crippen molar-refractivity contribution < 1.29 is 4.79 Å². The number of hydrogen-bond donors (Lipinski definition) is 2. The Morgan fingerprint density at radius 1 is 1.60 bits per heavy atom. The lowest BCUT2D eigenvalue weighted by atomic mass is 10.3. The molecule has 15 heavy (non-hydrogen) atoms. The lowest BCUT2D eigenvalue weighted by Gasteiger charge is -2.25. The Morgan fingerprint density at radius 3 is 3.20 bits per heavy atom. The van der Waals surface area contributed by atoms with Gasteiger partial charge in [-0.25, -0.2) is 9.78 Å². The van der Waals surface area contributed by atoms with E-state index in [1.54, 1.807) is 11.1 Å². The molecule has 5 nitrogen and oxygen atoms in total. The van der Waals surface area contributed by atoms with E-state index < -0.39 is 0 Å². The van der Waals surface area contributed by atoms with E-state index in [0.717, 1.165) is 44.0 Å². The molecule has 0 bridgehead atoms. The fourth-order valence-electron chi connectivity index (χ4n) is 1.71. The minimum absolute atomic E-state index is 0.0343. The van der Waals surface area contributed by atoms with Gasteiger partial charge in [0.05, 0.1) is 6.20 Å². The number of aromatic amines is 1. The molecule has 2 amide bonds. The first-order chi connectivity index (χ1) is 7.31. The van der Waals surface area contributed by atoms with Gasteiger partial charge in [-0.1, -0.05) is 6.92 Å². The molecule has 1 aliphatic heterocycles. The van der Waals surface area contributed by atoms with Crippen molar-refractivity contribution in [3.05, 3.63) is 12.0 Å². The monoisotopic (exact) mass is 208 g/mol. The molecular formula is C10H16N4O. The average molecular weight is 208 g/mol. The van der Waals surface area contributed by atoms with Crippen LogP contribution in [0, 0.1) is 0 Å². The highest BCUT2D eigenvalue weighted by Gasteiger charge is 2.20. The molecule has 1 aromatic rings. The molecule has 0 aromatic carbocycles. The fraction of sp³-hybridized carbons (Fsp3) is 0.600. The van der Waals surface area contributed by atoms with Gasteiger partial charge in [0.15, 0.2) is 0 Å². The molecule has 1 aromatic heterocycles. The van der Waals surface area contributed by atoms with Crippen molar-refractivity contribution in [3.63, 3.8) is 0 Å². The predicted octanol–water partition coefficient (Wildman–Crippen LogP) is 1.28. The van der Waals surface area contributed by atoms with Gasteiger partial charge in [-0.05, 0) is 12.8 Å². The van der Waals surface area contributed by atoms with Crippen LogP contribution in [0.15, 0.2) is 6.20 Å². The normalized spacial score (nSPS) is 16.6. The third-order valence-corrected chi connectivity index (χ3v) is 2.47. The number of hydrogen-bond acceptors (Lipinski definition) is 2. The van der Waals surface area contributed by atoms with Crippen molar-refractivity contribution in [2.75, 3.05) is 18.0 Å². The van der Waals surface area contributed by atoms with Crippen LogP contribution in [0.3, 0.4) is 0 Å². The van der Waals surface area contributed by atoms with Gasteiger partial charge in [0.1, 0.15) is 11.6 Å². The first-order valence-corrected chi connectivity index (χ1v) is 5.40. The first-order valence-electron chi connectivity index (χ1n) is 5.40. The minimum atomic E-state index is -0.0343. The van der Waals surface area contributed by atoms with Crippen LogP contribution >= 0.6 is 0 Å². The predicted molar refractivity (Wildman–Crippen MR) is 57.9 cm³/mol. The summed E-state index contributed by atoms with van der Waals surface area (Å²) in [7, 11) is 0. The Hall–Kier alpha value is -1.52.